The van der Waals surface area contributed by atoms with Crippen molar-refractivity contribution in [2.75, 3.05) is 26.3 Å². The number of aliphatic hydroxyl groups excluding tert-OH is 2. The summed E-state index contributed by atoms with van der Waals surface area (Å²) in [6, 6.07) is 9.43. The van der Waals surface area contributed by atoms with Crippen LogP contribution in [0.4, 0.5) is 0 Å². The molecule has 1 aromatic rings. The summed E-state index contributed by atoms with van der Waals surface area (Å²) < 4.78 is 11.3. The first-order valence-electron chi connectivity index (χ1n) is 8.56. The van der Waals surface area contributed by atoms with E-state index in [0.717, 1.165) is 5.75 Å². The van der Waals surface area contributed by atoms with Gasteiger partial charge in [-0.25, -0.2) is 0 Å². The van der Waals surface area contributed by atoms with E-state index in [9.17, 15) is 15.0 Å². The predicted molar refractivity (Wildman–Crippen MR) is 87.7 cm³/mol. The molecular formula is C18H25NO5. The van der Waals surface area contributed by atoms with Crippen LogP contribution in [0.3, 0.4) is 0 Å². The van der Waals surface area contributed by atoms with Gasteiger partial charge >= 0.3 is 0 Å². The van der Waals surface area contributed by atoms with Gasteiger partial charge in [-0.2, -0.15) is 0 Å². The minimum Gasteiger partial charge on any atom is -0.493 e. The fourth-order valence-electron chi connectivity index (χ4n) is 3.48. The molecular weight excluding hydrogens is 310 g/mol. The van der Waals surface area contributed by atoms with Gasteiger partial charge in [-0.3, -0.25) is 4.79 Å². The number of nitrogens with zero attached hydrogens (tertiary/aromatic N) is 1. The summed E-state index contributed by atoms with van der Waals surface area (Å²) in [5.74, 6) is 0.808. The van der Waals surface area contributed by atoms with Gasteiger partial charge in [0.1, 0.15) is 11.9 Å². The molecule has 0 aromatic heterocycles. The lowest BCUT2D eigenvalue weighted by Gasteiger charge is -2.48. The van der Waals surface area contributed by atoms with Crippen molar-refractivity contribution in [1.82, 2.24) is 4.90 Å². The Morgan fingerprint density at radius 2 is 1.96 bits per heavy atom. The minimum atomic E-state index is -0.870. The summed E-state index contributed by atoms with van der Waals surface area (Å²) in [4.78, 5) is 14.1. The Balaban J connectivity index is 1.45. The predicted octanol–water partition coefficient (Wildman–Crippen LogP) is 0.959. The van der Waals surface area contributed by atoms with E-state index in [2.05, 4.69) is 0 Å². The number of hydrogen-bond donors (Lipinski definition) is 2. The van der Waals surface area contributed by atoms with Crippen molar-refractivity contribution in [2.24, 2.45) is 0 Å². The third kappa shape index (κ3) is 3.71. The van der Waals surface area contributed by atoms with Crippen molar-refractivity contribution in [3.8, 4) is 5.75 Å². The van der Waals surface area contributed by atoms with E-state index in [1.165, 1.54) is 0 Å². The Bertz CT molecular complexity index is 542. The van der Waals surface area contributed by atoms with Gasteiger partial charge in [0.05, 0.1) is 31.3 Å². The lowest BCUT2D eigenvalue weighted by atomic mass is 9.80. The second kappa shape index (κ2) is 7.51. The molecule has 0 unspecified atom stereocenters. The molecule has 1 spiro atoms. The Morgan fingerprint density at radius 1 is 1.25 bits per heavy atom. The molecule has 2 N–H and O–H groups in total. The minimum absolute atomic E-state index is 0.0478. The first-order valence-corrected chi connectivity index (χ1v) is 8.56. The summed E-state index contributed by atoms with van der Waals surface area (Å²) in [6.07, 6.45) is 0.286. The standard InChI is InChI=1S/C18H25NO5/c20-15-6-13-24-18(17(15)22)8-10-19(11-9-18)16(21)7-12-23-14-4-2-1-3-5-14/h1-5,15,17,20,22H,6-13H2/t15-,17-/m0/s1. The maximum atomic E-state index is 12.3. The molecule has 0 bridgehead atoms. The zero-order valence-electron chi connectivity index (χ0n) is 13.8. The van der Waals surface area contributed by atoms with Crippen LogP contribution in [0.2, 0.25) is 0 Å². The SMILES string of the molecule is O=C(CCOc1ccccc1)N1CCC2(CC1)OCC[C@H](O)[C@@H]2O. The van der Waals surface area contributed by atoms with E-state index in [0.29, 0.717) is 52.0 Å². The zero-order valence-corrected chi connectivity index (χ0v) is 13.8. The summed E-state index contributed by atoms with van der Waals surface area (Å²) in [7, 11) is 0. The van der Waals surface area contributed by atoms with Gasteiger partial charge in [0.2, 0.25) is 5.91 Å². The molecule has 24 heavy (non-hydrogen) atoms. The summed E-state index contributed by atoms with van der Waals surface area (Å²) in [5.41, 5.74) is -0.699. The number of carbonyl (C=O) groups is 1. The molecule has 2 fully saturated rings. The lowest BCUT2D eigenvalue weighted by Crippen LogP contribution is -2.60. The molecule has 1 aromatic carbocycles. The van der Waals surface area contributed by atoms with Gasteiger partial charge in [-0.1, -0.05) is 18.2 Å². The number of amides is 1. The maximum absolute atomic E-state index is 12.3. The van der Waals surface area contributed by atoms with Crippen LogP contribution in [0.25, 0.3) is 0 Å². The molecule has 0 saturated carbocycles. The quantitative estimate of drug-likeness (QED) is 0.857. The molecule has 2 atom stereocenters. The summed E-state index contributed by atoms with van der Waals surface area (Å²) in [6.45, 7) is 1.88. The highest BCUT2D eigenvalue weighted by atomic mass is 16.5. The molecule has 2 heterocycles. The highest BCUT2D eigenvalue weighted by Gasteiger charge is 2.47. The zero-order chi connectivity index (χ0) is 17.0. The van der Waals surface area contributed by atoms with Crippen LogP contribution < -0.4 is 4.74 Å². The Morgan fingerprint density at radius 3 is 2.67 bits per heavy atom. The van der Waals surface area contributed by atoms with Crippen LogP contribution in [0.15, 0.2) is 30.3 Å². The van der Waals surface area contributed by atoms with Crippen LogP contribution in [0.1, 0.15) is 25.7 Å². The van der Waals surface area contributed by atoms with Crippen LogP contribution in [-0.4, -0.2) is 65.1 Å². The van der Waals surface area contributed by atoms with Gasteiger partial charge in [0, 0.05) is 13.1 Å². The van der Waals surface area contributed by atoms with E-state index < -0.39 is 17.8 Å². The molecule has 6 nitrogen and oxygen atoms in total. The van der Waals surface area contributed by atoms with Crippen LogP contribution in [-0.2, 0) is 9.53 Å². The number of aliphatic hydroxyl groups is 2. The first kappa shape index (κ1) is 17.2. The van der Waals surface area contributed by atoms with Crippen molar-refractivity contribution in [1.29, 1.82) is 0 Å². The van der Waals surface area contributed by atoms with Crippen LogP contribution in [0, 0.1) is 0 Å². The summed E-state index contributed by atoms with van der Waals surface area (Å²) >= 11 is 0. The Hall–Kier alpha value is -1.63. The van der Waals surface area contributed by atoms with Gasteiger partial charge < -0.3 is 24.6 Å². The van der Waals surface area contributed by atoms with Crippen LogP contribution >= 0.6 is 0 Å². The molecule has 3 rings (SSSR count). The first-order chi connectivity index (χ1) is 11.6. The van der Waals surface area contributed by atoms with E-state index in [1.807, 2.05) is 30.3 Å². The molecule has 0 radical (unpaired) electrons. The number of para-hydroxylation sites is 1. The van der Waals surface area contributed by atoms with Crippen molar-refractivity contribution in [3.63, 3.8) is 0 Å². The second-order valence-corrected chi connectivity index (χ2v) is 6.51. The highest BCUT2D eigenvalue weighted by molar-refractivity contribution is 5.76. The van der Waals surface area contributed by atoms with Gasteiger partial charge in [-0.15, -0.1) is 0 Å². The second-order valence-electron chi connectivity index (χ2n) is 6.51. The average Bonchev–Trinajstić information content (AvgIpc) is 2.61. The van der Waals surface area contributed by atoms with Crippen LogP contribution in [0.5, 0.6) is 5.75 Å². The topological polar surface area (TPSA) is 79.2 Å². The van der Waals surface area contributed by atoms with Gasteiger partial charge in [-0.05, 0) is 31.4 Å². The third-order valence-electron chi connectivity index (χ3n) is 5.00. The number of benzene rings is 1. The number of piperidine rings is 1. The molecule has 1 amide bonds. The Labute approximate surface area is 142 Å². The monoisotopic (exact) mass is 335 g/mol. The molecule has 2 aliphatic heterocycles. The molecule has 2 saturated heterocycles. The number of hydrogen-bond acceptors (Lipinski definition) is 5. The number of rotatable bonds is 4. The average molecular weight is 335 g/mol. The highest BCUT2D eigenvalue weighted by Crippen LogP contribution is 2.35. The van der Waals surface area contributed by atoms with Crippen molar-refractivity contribution >= 4 is 5.91 Å². The molecule has 6 heteroatoms. The van der Waals surface area contributed by atoms with Gasteiger partial charge in [0.25, 0.3) is 0 Å². The lowest BCUT2D eigenvalue weighted by molar-refractivity contribution is -0.214. The smallest absolute Gasteiger partial charge is 0.226 e. The van der Waals surface area contributed by atoms with Crippen molar-refractivity contribution in [2.45, 2.75) is 43.5 Å². The fraction of sp³-hybridized carbons (Fsp3) is 0.611. The summed E-state index contributed by atoms with van der Waals surface area (Å²) in [5, 5.41) is 20.1. The van der Waals surface area contributed by atoms with Crippen molar-refractivity contribution in [3.05, 3.63) is 30.3 Å². The number of ether oxygens (including phenoxy) is 2. The Kier molecular flexibility index (Phi) is 5.38. The van der Waals surface area contributed by atoms with E-state index >= 15 is 0 Å². The van der Waals surface area contributed by atoms with Gasteiger partial charge in [0.15, 0.2) is 0 Å². The third-order valence-corrected chi connectivity index (χ3v) is 5.00. The van der Waals surface area contributed by atoms with E-state index in [4.69, 9.17) is 9.47 Å². The fourth-order valence-corrected chi connectivity index (χ4v) is 3.48. The van der Waals surface area contributed by atoms with Crippen molar-refractivity contribution < 1.29 is 24.5 Å². The molecule has 2 aliphatic rings. The molecule has 132 valence electrons. The number of likely N-dealkylation sites (tertiary alicyclic amines) is 1. The molecule has 0 aliphatic carbocycles. The normalized spacial score (nSPS) is 26.3. The number of carbonyl (C=O) groups excluding carboxylic acids is 1. The van der Waals surface area contributed by atoms with E-state index in [1.54, 1.807) is 4.90 Å². The largest absolute Gasteiger partial charge is 0.493 e. The maximum Gasteiger partial charge on any atom is 0.226 e. The van der Waals surface area contributed by atoms with E-state index in [-0.39, 0.29) is 5.91 Å².